The summed E-state index contributed by atoms with van der Waals surface area (Å²) in [6.45, 7) is 10.3. The van der Waals surface area contributed by atoms with E-state index in [9.17, 15) is 0 Å². The van der Waals surface area contributed by atoms with Crippen molar-refractivity contribution in [2.24, 2.45) is 5.92 Å². The Kier molecular flexibility index (Phi) is 5.11. The molecular formula is C17H25NO2S. The molecule has 1 aliphatic carbocycles. The SMILES string of the molecule is C=CCOC[C@@H]1CC[C@H]2[C@H]1OCCN2Cc1ccc(C)s1. The normalized spacial score (nSPS) is 29.5. The smallest absolute Gasteiger partial charge is 0.0781 e. The maximum absolute atomic E-state index is 6.07. The molecule has 1 aliphatic heterocycles. The number of morpholine rings is 1. The Hall–Kier alpha value is -0.680. The first kappa shape index (κ1) is 15.2. The van der Waals surface area contributed by atoms with Gasteiger partial charge in [0.15, 0.2) is 0 Å². The van der Waals surface area contributed by atoms with Crippen LogP contribution >= 0.6 is 11.3 Å². The molecule has 2 heterocycles. The van der Waals surface area contributed by atoms with Crippen LogP contribution in [0.25, 0.3) is 0 Å². The van der Waals surface area contributed by atoms with E-state index in [1.807, 2.05) is 17.4 Å². The van der Waals surface area contributed by atoms with Crippen LogP contribution in [0.2, 0.25) is 0 Å². The first-order chi connectivity index (χ1) is 10.3. The first-order valence-corrected chi connectivity index (χ1v) is 8.69. The fraction of sp³-hybridized carbons (Fsp3) is 0.647. The summed E-state index contributed by atoms with van der Waals surface area (Å²) >= 11 is 1.91. The summed E-state index contributed by atoms with van der Waals surface area (Å²) in [6, 6.07) is 5.06. The van der Waals surface area contributed by atoms with Crippen LogP contribution in [0.3, 0.4) is 0 Å². The van der Waals surface area contributed by atoms with Crippen LogP contribution in [0.15, 0.2) is 24.8 Å². The van der Waals surface area contributed by atoms with Gasteiger partial charge in [-0.15, -0.1) is 17.9 Å². The van der Waals surface area contributed by atoms with E-state index in [0.29, 0.717) is 24.7 Å². The van der Waals surface area contributed by atoms with Gasteiger partial charge >= 0.3 is 0 Å². The van der Waals surface area contributed by atoms with Crippen LogP contribution in [-0.4, -0.2) is 43.4 Å². The number of aryl methyl sites for hydroxylation is 1. The molecule has 0 aromatic carbocycles. The summed E-state index contributed by atoms with van der Waals surface area (Å²) in [4.78, 5) is 5.49. The fourth-order valence-electron chi connectivity index (χ4n) is 3.58. The van der Waals surface area contributed by atoms with Gasteiger partial charge in [0.05, 0.1) is 25.9 Å². The van der Waals surface area contributed by atoms with Crippen LogP contribution in [0.4, 0.5) is 0 Å². The van der Waals surface area contributed by atoms with Gasteiger partial charge < -0.3 is 9.47 Å². The van der Waals surface area contributed by atoms with Crippen molar-refractivity contribution in [1.29, 1.82) is 0 Å². The number of nitrogens with zero attached hydrogens (tertiary/aromatic N) is 1. The second-order valence-corrected chi connectivity index (χ2v) is 7.42. The Balaban J connectivity index is 1.59. The van der Waals surface area contributed by atoms with E-state index in [2.05, 4.69) is 30.5 Å². The molecule has 0 spiro atoms. The van der Waals surface area contributed by atoms with E-state index in [1.165, 1.54) is 22.6 Å². The zero-order valence-corrected chi connectivity index (χ0v) is 13.6. The van der Waals surface area contributed by atoms with Crippen LogP contribution in [-0.2, 0) is 16.0 Å². The van der Waals surface area contributed by atoms with Gasteiger partial charge in [-0.05, 0) is 31.9 Å². The highest BCUT2D eigenvalue weighted by Gasteiger charge is 2.42. The van der Waals surface area contributed by atoms with Crippen molar-refractivity contribution in [2.45, 2.75) is 38.5 Å². The predicted molar refractivity (Wildman–Crippen MR) is 86.7 cm³/mol. The number of rotatable bonds is 6. The quantitative estimate of drug-likeness (QED) is 0.595. The molecule has 0 N–H and O–H groups in total. The lowest BCUT2D eigenvalue weighted by molar-refractivity contribution is -0.0866. The van der Waals surface area contributed by atoms with E-state index in [-0.39, 0.29) is 0 Å². The van der Waals surface area contributed by atoms with Gasteiger partial charge in [0.2, 0.25) is 0 Å². The predicted octanol–water partition coefficient (Wildman–Crippen LogP) is 3.24. The van der Waals surface area contributed by atoms with Gasteiger partial charge in [0.1, 0.15) is 0 Å². The summed E-state index contributed by atoms with van der Waals surface area (Å²) in [5.41, 5.74) is 0. The van der Waals surface area contributed by atoms with Crippen molar-refractivity contribution >= 4 is 11.3 Å². The fourth-order valence-corrected chi connectivity index (χ4v) is 4.50. The summed E-state index contributed by atoms with van der Waals surface area (Å²) in [5, 5.41) is 0. The average molecular weight is 307 g/mol. The monoisotopic (exact) mass is 307 g/mol. The van der Waals surface area contributed by atoms with Crippen molar-refractivity contribution in [3.63, 3.8) is 0 Å². The highest BCUT2D eigenvalue weighted by Crippen LogP contribution is 2.36. The van der Waals surface area contributed by atoms with Crippen molar-refractivity contribution in [3.8, 4) is 0 Å². The molecule has 1 aromatic rings. The molecule has 3 rings (SSSR count). The zero-order chi connectivity index (χ0) is 14.7. The van der Waals surface area contributed by atoms with E-state index in [0.717, 1.165) is 26.3 Å². The molecule has 0 amide bonds. The van der Waals surface area contributed by atoms with Crippen LogP contribution < -0.4 is 0 Å². The molecule has 4 heteroatoms. The topological polar surface area (TPSA) is 21.7 Å². The summed E-state index contributed by atoms with van der Waals surface area (Å²) in [5.74, 6) is 0.544. The zero-order valence-electron chi connectivity index (χ0n) is 12.8. The van der Waals surface area contributed by atoms with Crippen molar-refractivity contribution < 1.29 is 9.47 Å². The van der Waals surface area contributed by atoms with Crippen LogP contribution in [0.5, 0.6) is 0 Å². The lowest BCUT2D eigenvalue weighted by Crippen LogP contribution is -2.50. The Morgan fingerprint density at radius 1 is 1.48 bits per heavy atom. The highest BCUT2D eigenvalue weighted by atomic mass is 32.1. The first-order valence-electron chi connectivity index (χ1n) is 7.87. The third-order valence-electron chi connectivity index (χ3n) is 4.56. The summed E-state index contributed by atoms with van der Waals surface area (Å²) in [7, 11) is 0. The number of hydrogen-bond acceptors (Lipinski definition) is 4. The molecule has 2 fully saturated rings. The minimum atomic E-state index is 0.352. The number of fused-ring (bicyclic) bond motifs is 1. The third kappa shape index (κ3) is 3.57. The standard InChI is InChI=1S/C17H25NO2S/c1-3-9-19-12-14-5-7-16-17(14)20-10-8-18(16)11-15-6-4-13(2)21-15/h3-4,6,14,16-17H,1,5,7-12H2,2H3/t14-,16-,17-/m0/s1. The van der Waals surface area contributed by atoms with Crippen molar-refractivity contribution in [3.05, 3.63) is 34.5 Å². The molecule has 1 saturated heterocycles. The molecule has 0 bridgehead atoms. The average Bonchev–Trinajstić information content (AvgIpc) is 3.07. The Morgan fingerprint density at radius 3 is 3.14 bits per heavy atom. The summed E-state index contributed by atoms with van der Waals surface area (Å²) in [6.07, 6.45) is 4.62. The Labute approximate surface area is 131 Å². The Morgan fingerprint density at radius 2 is 2.38 bits per heavy atom. The van der Waals surface area contributed by atoms with Gasteiger partial charge in [-0.1, -0.05) is 6.08 Å². The lowest BCUT2D eigenvalue weighted by atomic mass is 10.0. The molecule has 3 nitrogen and oxygen atoms in total. The maximum atomic E-state index is 6.07. The second kappa shape index (κ2) is 7.05. The molecule has 0 unspecified atom stereocenters. The largest absolute Gasteiger partial charge is 0.377 e. The van der Waals surface area contributed by atoms with Gasteiger partial charge in [-0.3, -0.25) is 4.90 Å². The molecule has 1 saturated carbocycles. The van der Waals surface area contributed by atoms with Crippen molar-refractivity contribution in [2.75, 3.05) is 26.4 Å². The van der Waals surface area contributed by atoms with Gasteiger partial charge in [0, 0.05) is 34.8 Å². The summed E-state index contributed by atoms with van der Waals surface area (Å²) < 4.78 is 11.7. The second-order valence-electron chi connectivity index (χ2n) is 6.05. The molecule has 3 atom stereocenters. The molecule has 21 heavy (non-hydrogen) atoms. The minimum absolute atomic E-state index is 0.352. The highest BCUT2D eigenvalue weighted by molar-refractivity contribution is 7.11. The van der Waals surface area contributed by atoms with Gasteiger partial charge in [-0.25, -0.2) is 0 Å². The maximum Gasteiger partial charge on any atom is 0.0781 e. The van der Waals surface area contributed by atoms with Crippen LogP contribution in [0.1, 0.15) is 22.6 Å². The van der Waals surface area contributed by atoms with Crippen molar-refractivity contribution in [1.82, 2.24) is 4.90 Å². The minimum Gasteiger partial charge on any atom is -0.377 e. The number of hydrogen-bond donors (Lipinski definition) is 0. The molecule has 1 aromatic heterocycles. The number of thiophene rings is 1. The third-order valence-corrected chi connectivity index (χ3v) is 5.54. The van der Waals surface area contributed by atoms with E-state index >= 15 is 0 Å². The molecule has 0 radical (unpaired) electrons. The molecule has 116 valence electrons. The number of ether oxygens (including phenoxy) is 2. The van der Waals surface area contributed by atoms with E-state index in [4.69, 9.17) is 9.47 Å². The van der Waals surface area contributed by atoms with E-state index < -0.39 is 0 Å². The van der Waals surface area contributed by atoms with E-state index in [1.54, 1.807) is 0 Å². The molecule has 2 aliphatic rings. The Bertz CT molecular complexity index is 473. The van der Waals surface area contributed by atoms with Gasteiger partial charge in [-0.2, -0.15) is 0 Å². The lowest BCUT2D eigenvalue weighted by Gasteiger charge is -2.39. The van der Waals surface area contributed by atoms with Gasteiger partial charge in [0.25, 0.3) is 0 Å². The van der Waals surface area contributed by atoms with Crippen LogP contribution in [0, 0.1) is 12.8 Å². The molecular weight excluding hydrogens is 282 g/mol.